The molecule has 0 spiro atoms. The van der Waals surface area contributed by atoms with Gasteiger partial charge in [0, 0.05) is 13.2 Å². The fourth-order valence-corrected chi connectivity index (χ4v) is 1.98. The van der Waals surface area contributed by atoms with Gasteiger partial charge in [-0.05, 0) is 33.3 Å². The Balaban J connectivity index is 2.24. The Hall–Kier alpha value is -0.805. The van der Waals surface area contributed by atoms with Crippen molar-refractivity contribution in [2.45, 2.75) is 45.3 Å². The van der Waals surface area contributed by atoms with Gasteiger partial charge in [0.1, 0.15) is 0 Å². The Morgan fingerprint density at radius 1 is 1.38 bits per heavy atom. The van der Waals surface area contributed by atoms with E-state index in [0.29, 0.717) is 0 Å². The molecule has 0 saturated carbocycles. The molecule has 16 heavy (non-hydrogen) atoms. The predicted octanol–water partition coefficient (Wildman–Crippen LogP) is 1.11. The van der Waals surface area contributed by atoms with Crippen molar-refractivity contribution in [2.75, 3.05) is 0 Å². The number of rotatable bonds is 2. The first kappa shape index (κ1) is 11.7. The summed E-state index contributed by atoms with van der Waals surface area (Å²) in [7, 11) is 1.55. The van der Waals surface area contributed by atoms with Crippen LogP contribution in [0.3, 0.4) is 0 Å². The second-order valence-corrected chi connectivity index (χ2v) is 5.08. The average molecular weight is 222 g/mol. The van der Waals surface area contributed by atoms with E-state index in [-0.39, 0.29) is 18.3 Å². The topological polar surface area (TPSA) is 36.3 Å². The van der Waals surface area contributed by atoms with Crippen LogP contribution in [0, 0.1) is 0 Å². The Kier molecular flexibility index (Phi) is 2.63. The molecule has 0 bridgehead atoms. The van der Waals surface area contributed by atoms with Crippen LogP contribution in [0.5, 0.6) is 0 Å². The van der Waals surface area contributed by atoms with Gasteiger partial charge in [-0.25, -0.2) is 0 Å². The molecule has 1 aromatic heterocycles. The van der Waals surface area contributed by atoms with Crippen molar-refractivity contribution in [3.8, 4) is 0 Å². The van der Waals surface area contributed by atoms with Gasteiger partial charge in [-0.2, -0.15) is 5.10 Å². The van der Waals surface area contributed by atoms with Crippen molar-refractivity contribution in [1.29, 1.82) is 0 Å². The van der Waals surface area contributed by atoms with E-state index < -0.39 is 0 Å². The average Bonchev–Trinajstić information content (AvgIpc) is 2.71. The van der Waals surface area contributed by atoms with Gasteiger partial charge in [-0.15, -0.1) is 0 Å². The van der Waals surface area contributed by atoms with Crippen LogP contribution < -0.4 is 5.59 Å². The molecule has 1 fully saturated rings. The molecule has 1 aliphatic rings. The van der Waals surface area contributed by atoms with Crippen molar-refractivity contribution in [3.05, 3.63) is 12.3 Å². The van der Waals surface area contributed by atoms with Crippen molar-refractivity contribution >= 4 is 12.7 Å². The van der Waals surface area contributed by atoms with Gasteiger partial charge >= 0.3 is 7.12 Å². The summed E-state index contributed by atoms with van der Waals surface area (Å²) in [5.74, 6) is 0. The van der Waals surface area contributed by atoms with E-state index in [9.17, 15) is 0 Å². The van der Waals surface area contributed by atoms with Gasteiger partial charge in [-0.1, -0.05) is 6.92 Å². The monoisotopic (exact) mass is 222 g/mol. The molecular formula is C11H19BN2O2. The predicted molar refractivity (Wildman–Crippen MR) is 63.5 cm³/mol. The zero-order valence-corrected chi connectivity index (χ0v) is 10.7. The molecule has 0 N–H and O–H groups in total. The lowest BCUT2D eigenvalue weighted by atomic mass is 9.85. The third-order valence-electron chi connectivity index (χ3n) is 3.69. The Labute approximate surface area is 97.1 Å². The summed E-state index contributed by atoms with van der Waals surface area (Å²) in [6.07, 6.45) is 2.82. The fourth-order valence-electron chi connectivity index (χ4n) is 1.98. The summed E-state index contributed by atoms with van der Waals surface area (Å²) in [6, 6.07) is 1.93. The quantitative estimate of drug-likeness (QED) is 0.703. The molecule has 0 amide bonds. The third kappa shape index (κ3) is 1.68. The molecule has 4 nitrogen and oxygen atoms in total. The minimum absolute atomic E-state index is 0.255. The van der Waals surface area contributed by atoms with E-state index in [0.717, 1.165) is 12.0 Å². The molecule has 5 heteroatoms. The summed E-state index contributed by atoms with van der Waals surface area (Å²) in [4.78, 5) is 0. The lowest BCUT2D eigenvalue weighted by Crippen LogP contribution is -2.44. The van der Waals surface area contributed by atoms with Crippen LogP contribution in [0.1, 0.15) is 34.1 Å². The summed E-state index contributed by atoms with van der Waals surface area (Å²) >= 11 is 0. The highest BCUT2D eigenvalue weighted by atomic mass is 16.7. The SMILES string of the molecule is CCC1(C)OB(c2ccn(C)n2)OC1(C)C. The summed E-state index contributed by atoms with van der Waals surface area (Å²) in [5.41, 5.74) is 0.298. The van der Waals surface area contributed by atoms with Crippen LogP contribution in [-0.4, -0.2) is 28.1 Å². The van der Waals surface area contributed by atoms with E-state index in [1.165, 1.54) is 0 Å². The second kappa shape index (κ2) is 3.60. The van der Waals surface area contributed by atoms with Gasteiger partial charge in [0.05, 0.1) is 16.8 Å². The first-order chi connectivity index (χ1) is 7.38. The van der Waals surface area contributed by atoms with E-state index in [1.54, 1.807) is 4.68 Å². The maximum absolute atomic E-state index is 6.01. The summed E-state index contributed by atoms with van der Waals surface area (Å²) in [5, 5.41) is 4.32. The fraction of sp³-hybridized carbons (Fsp3) is 0.727. The summed E-state index contributed by atoms with van der Waals surface area (Å²) in [6.45, 7) is 8.35. The van der Waals surface area contributed by atoms with Gasteiger partial charge in [0.15, 0.2) is 0 Å². The smallest absolute Gasteiger partial charge is 0.398 e. The Morgan fingerprint density at radius 3 is 2.50 bits per heavy atom. The molecule has 1 saturated heterocycles. The molecule has 2 heterocycles. The van der Waals surface area contributed by atoms with E-state index in [1.807, 2.05) is 19.3 Å². The minimum Gasteiger partial charge on any atom is -0.398 e. The van der Waals surface area contributed by atoms with E-state index in [4.69, 9.17) is 9.31 Å². The molecule has 2 rings (SSSR count). The zero-order chi connectivity index (χ0) is 12.0. The molecule has 0 aromatic carbocycles. The number of nitrogens with zero attached hydrogens (tertiary/aromatic N) is 2. The van der Waals surface area contributed by atoms with Gasteiger partial charge < -0.3 is 9.31 Å². The van der Waals surface area contributed by atoms with Crippen molar-refractivity contribution in [3.63, 3.8) is 0 Å². The van der Waals surface area contributed by atoms with Crippen LogP contribution in [0.4, 0.5) is 0 Å². The maximum Gasteiger partial charge on any atom is 0.516 e. The number of hydrogen-bond acceptors (Lipinski definition) is 3. The molecule has 1 aromatic rings. The van der Waals surface area contributed by atoms with Crippen LogP contribution in [0.15, 0.2) is 12.3 Å². The number of aryl methyl sites for hydroxylation is 1. The van der Waals surface area contributed by atoms with Crippen LogP contribution in [0.2, 0.25) is 0 Å². The molecule has 1 unspecified atom stereocenters. The van der Waals surface area contributed by atoms with Crippen LogP contribution >= 0.6 is 0 Å². The third-order valence-corrected chi connectivity index (χ3v) is 3.69. The van der Waals surface area contributed by atoms with Crippen LogP contribution in [-0.2, 0) is 16.4 Å². The molecule has 0 aliphatic carbocycles. The minimum atomic E-state index is -0.346. The van der Waals surface area contributed by atoms with Crippen LogP contribution in [0.25, 0.3) is 0 Å². The molecule has 88 valence electrons. The van der Waals surface area contributed by atoms with E-state index >= 15 is 0 Å². The van der Waals surface area contributed by atoms with Crippen molar-refractivity contribution in [1.82, 2.24) is 9.78 Å². The molecule has 1 aliphatic heterocycles. The standard InChI is InChI=1S/C11H19BN2O2/c1-6-11(4)10(2,3)15-12(16-11)9-7-8-14(5)13-9/h7-8H,6H2,1-5H3. The highest BCUT2D eigenvalue weighted by molar-refractivity contribution is 6.61. The van der Waals surface area contributed by atoms with E-state index in [2.05, 4.69) is 32.8 Å². The maximum atomic E-state index is 6.01. The lowest BCUT2D eigenvalue weighted by molar-refractivity contribution is -0.0118. The molecule has 0 radical (unpaired) electrons. The second-order valence-electron chi connectivity index (χ2n) is 5.08. The molecular weight excluding hydrogens is 203 g/mol. The number of hydrogen-bond donors (Lipinski definition) is 0. The Morgan fingerprint density at radius 2 is 2.06 bits per heavy atom. The molecule has 1 atom stereocenters. The number of aromatic nitrogens is 2. The van der Waals surface area contributed by atoms with Gasteiger partial charge in [0.25, 0.3) is 0 Å². The van der Waals surface area contributed by atoms with Crippen molar-refractivity contribution in [2.24, 2.45) is 7.05 Å². The normalized spacial score (nSPS) is 28.7. The highest BCUT2D eigenvalue weighted by Gasteiger charge is 2.54. The zero-order valence-electron chi connectivity index (χ0n) is 10.7. The largest absolute Gasteiger partial charge is 0.516 e. The lowest BCUT2D eigenvalue weighted by Gasteiger charge is -2.35. The van der Waals surface area contributed by atoms with Gasteiger partial charge in [-0.3, -0.25) is 4.68 Å². The first-order valence-corrected chi connectivity index (χ1v) is 5.73. The van der Waals surface area contributed by atoms with Gasteiger partial charge in [0.2, 0.25) is 0 Å². The first-order valence-electron chi connectivity index (χ1n) is 5.73. The summed E-state index contributed by atoms with van der Waals surface area (Å²) < 4.78 is 13.7. The highest BCUT2D eigenvalue weighted by Crippen LogP contribution is 2.39. The Bertz CT molecular complexity index is 391. The van der Waals surface area contributed by atoms with Crippen molar-refractivity contribution < 1.29 is 9.31 Å².